The Hall–Kier alpha value is -3.50. The van der Waals surface area contributed by atoms with Gasteiger partial charge in [-0.25, -0.2) is 9.78 Å². The molecule has 1 N–H and O–H groups in total. The number of aryl methyl sites for hydroxylation is 1. The van der Waals surface area contributed by atoms with Crippen LogP contribution in [0.4, 0.5) is 0 Å². The van der Waals surface area contributed by atoms with E-state index in [0.717, 1.165) is 16.6 Å². The van der Waals surface area contributed by atoms with Crippen molar-refractivity contribution in [2.75, 3.05) is 19.8 Å². The van der Waals surface area contributed by atoms with Gasteiger partial charge in [-0.15, -0.1) is 0 Å². The average Bonchev–Trinajstić information content (AvgIpc) is 3.14. The van der Waals surface area contributed by atoms with Gasteiger partial charge in [0, 0.05) is 0 Å². The second kappa shape index (κ2) is 10.0. The summed E-state index contributed by atoms with van der Waals surface area (Å²) in [5.41, 5.74) is 3.69. The number of ether oxygens (including phenoxy) is 3. The van der Waals surface area contributed by atoms with Crippen LogP contribution in [-0.2, 0) is 9.53 Å². The van der Waals surface area contributed by atoms with Gasteiger partial charge in [-0.2, -0.15) is 5.26 Å². The summed E-state index contributed by atoms with van der Waals surface area (Å²) >= 11 is 6.39. The normalized spacial score (nSPS) is 11.3. The number of H-pyrrole nitrogens is 1. The summed E-state index contributed by atoms with van der Waals surface area (Å²) in [6.07, 6.45) is 1.66. The highest BCUT2D eigenvalue weighted by atomic mass is 35.5. The Morgan fingerprint density at radius 1 is 1.23 bits per heavy atom. The van der Waals surface area contributed by atoms with Gasteiger partial charge in [-0.05, 0) is 62.2 Å². The number of fused-ring (bicyclic) bond motifs is 1. The molecule has 0 aliphatic heterocycles. The SMILES string of the molecule is CCOC(=O)COc1c(Cl)cc(C=C(C#N)c2nc3ccc(C)cc3[nH]2)cc1OCC. The van der Waals surface area contributed by atoms with E-state index in [2.05, 4.69) is 16.0 Å². The maximum absolute atomic E-state index is 11.6. The molecule has 7 nitrogen and oxygen atoms in total. The van der Waals surface area contributed by atoms with E-state index in [1.165, 1.54) is 0 Å². The fourth-order valence-electron chi connectivity index (χ4n) is 2.98. The quantitative estimate of drug-likeness (QED) is 0.394. The molecule has 0 bridgehead atoms. The number of hydrogen-bond donors (Lipinski definition) is 1. The zero-order valence-corrected chi connectivity index (χ0v) is 18.2. The summed E-state index contributed by atoms with van der Waals surface area (Å²) in [6, 6.07) is 11.3. The summed E-state index contributed by atoms with van der Waals surface area (Å²) in [5, 5.41) is 9.94. The average molecular weight is 440 g/mol. The molecule has 0 aliphatic carbocycles. The fourth-order valence-corrected chi connectivity index (χ4v) is 3.25. The Labute approximate surface area is 185 Å². The topological polar surface area (TPSA) is 97.2 Å². The van der Waals surface area contributed by atoms with E-state index in [0.29, 0.717) is 29.3 Å². The van der Waals surface area contributed by atoms with Crippen LogP contribution in [0.25, 0.3) is 22.7 Å². The fraction of sp³-hybridized carbons (Fsp3) is 0.261. The third kappa shape index (κ3) is 5.36. The molecule has 3 aromatic rings. The van der Waals surface area contributed by atoms with Crippen LogP contribution in [0.1, 0.15) is 30.8 Å². The van der Waals surface area contributed by atoms with Crippen LogP contribution in [0, 0.1) is 18.3 Å². The molecule has 0 amide bonds. The smallest absolute Gasteiger partial charge is 0.344 e. The molecule has 160 valence electrons. The van der Waals surface area contributed by atoms with Crippen LogP contribution < -0.4 is 9.47 Å². The lowest BCUT2D eigenvalue weighted by Gasteiger charge is -2.14. The number of imidazole rings is 1. The minimum atomic E-state index is -0.503. The van der Waals surface area contributed by atoms with Gasteiger partial charge in [0.25, 0.3) is 0 Å². The number of nitrogens with one attached hydrogen (secondary N) is 1. The highest BCUT2D eigenvalue weighted by Gasteiger charge is 2.15. The van der Waals surface area contributed by atoms with Gasteiger partial charge in [0.1, 0.15) is 11.9 Å². The summed E-state index contributed by atoms with van der Waals surface area (Å²) in [5.74, 6) is 0.561. The largest absolute Gasteiger partial charge is 0.490 e. The third-order valence-electron chi connectivity index (χ3n) is 4.30. The van der Waals surface area contributed by atoms with E-state index in [4.69, 9.17) is 25.8 Å². The predicted octanol–water partition coefficient (Wildman–Crippen LogP) is 4.93. The van der Waals surface area contributed by atoms with Crippen molar-refractivity contribution >= 4 is 40.3 Å². The molecule has 0 aliphatic rings. The maximum atomic E-state index is 11.6. The number of halogens is 1. The van der Waals surface area contributed by atoms with Crippen molar-refractivity contribution in [3.63, 3.8) is 0 Å². The Morgan fingerprint density at radius 2 is 2.03 bits per heavy atom. The number of esters is 1. The number of nitriles is 1. The molecule has 0 unspecified atom stereocenters. The Bertz CT molecular complexity index is 1180. The van der Waals surface area contributed by atoms with Crippen molar-refractivity contribution in [3.8, 4) is 17.6 Å². The second-order valence-corrected chi connectivity index (χ2v) is 7.04. The van der Waals surface area contributed by atoms with E-state index < -0.39 is 5.97 Å². The van der Waals surface area contributed by atoms with Crippen LogP contribution in [0.15, 0.2) is 30.3 Å². The molecule has 0 fully saturated rings. The first-order valence-corrected chi connectivity index (χ1v) is 10.2. The van der Waals surface area contributed by atoms with E-state index in [1.54, 1.807) is 25.1 Å². The minimum Gasteiger partial charge on any atom is -0.490 e. The molecule has 1 heterocycles. The van der Waals surface area contributed by atoms with Crippen molar-refractivity contribution in [3.05, 3.63) is 52.3 Å². The van der Waals surface area contributed by atoms with Gasteiger partial charge < -0.3 is 19.2 Å². The van der Waals surface area contributed by atoms with Gasteiger partial charge >= 0.3 is 5.97 Å². The Morgan fingerprint density at radius 3 is 2.74 bits per heavy atom. The molecular weight excluding hydrogens is 418 g/mol. The zero-order chi connectivity index (χ0) is 22.4. The Balaban J connectivity index is 1.95. The van der Waals surface area contributed by atoms with Crippen LogP contribution in [0.5, 0.6) is 11.5 Å². The number of carbonyl (C=O) groups is 1. The summed E-state index contributed by atoms with van der Waals surface area (Å²) in [7, 11) is 0. The molecular formula is C23H22ClN3O4. The van der Waals surface area contributed by atoms with Gasteiger partial charge in [0.2, 0.25) is 0 Å². The molecule has 31 heavy (non-hydrogen) atoms. The third-order valence-corrected chi connectivity index (χ3v) is 4.58. The number of benzene rings is 2. The summed E-state index contributed by atoms with van der Waals surface area (Å²) in [6.45, 7) is 5.87. The van der Waals surface area contributed by atoms with Gasteiger partial charge in [-0.1, -0.05) is 17.7 Å². The molecule has 2 aromatic carbocycles. The molecule has 0 radical (unpaired) electrons. The molecule has 0 atom stereocenters. The van der Waals surface area contributed by atoms with Crippen LogP contribution in [0.3, 0.4) is 0 Å². The van der Waals surface area contributed by atoms with Crippen LogP contribution in [0.2, 0.25) is 5.02 Å². The highest BCUT2D eigenvalue weighted by molar-refractivity contribution is 6.32. The van der Waals surface area contributed by atoms with Crippen molar-refractivity contribution in [2.45, 2.75) is 20.8 Å². The molecule has 0 saturated heterocycles. The number of hydrogen-bond acceptors (Lipinski definition) is 6. The van der Waals surface area contributed by atoms with Crippen molar-refractivity contribution in [1.29, 1.82) is 5.26 Å². The standard InChI is InChI=1S/C23H22ClN3O4/c1-4-29-20-11-15(10-17(24)22(20)31-13-21(28)30-5-2)9-16(12-25)23-26-18-7-6-14(3)8-19(18)27-23/h6-11H,4-5,13H2,1-3H3,(H,26,27). The molecule has 1 aromatic heterocycles. The van der Waals surface area contributed by atoms with E-state index in [9.17, 15) is 10.1 Å². The lowest BCUT2D eigenvalue weighted by atomic mass is 10.1. The van der Waals surface area contributed by atoms with E-state index >= 15 is 0 Å². The summed E-state index contributed by atoms with van der Waals surface area (Å²) in [4.78, 5) is 19.3. The first kappa shape index (κ1) is 22.2. The number of nitrogens with zero attached hydrogens (tertiary/aromatic N) is 2. The van der Waals surface area contributed by atoms with Crippen molar-refractivity contribution in [2.24, 2.45) is 0 Å². The summed E-state index contributed by atoms with van der Waals surface area (Å²) < 4.78 is 16.0. The van der Waals surface area contributed by atoms with Gasteiger partial charge in [0.15, 0.2) is 18.1 Å². The number of rotatable bonds is 8. The highest BCUT2D eigenvalue weighted by Crippen LogP contribution is 2.37. The molecule has 3 rings (SSSR count). The van der Waals surface area contributed by atoms with Crippen LogP contribution in [-0.4, -0.2) is 35.8 Å². The van der Waals surface area contributed by atoms with E-state index in [-0.39, 0.29) is 24.0 Å². The molecule has 0 spiro atoms. The van der Waals surface area contributed by atoms with Crippen LogP contribution >= 0.6 is 11.6 Å². The van der Waals surface area contributed by atoms with Crippen molar-refractivity contribution < 1.29 is 19.0 Å². The number of carbonyl (C=O) groups excluding carboxylic acids is 1. The van der Waals surface area contributed by atoms with E-state index in [1.807, 2.05) is 32.0 Å². The minimum absolute atomic E-state index is 0.242. The lowest BCUT2D eigenvalue weighted by molar-refractivity contribution is -0.145. The molecule has 0 saturated carbocycles. The first-order chi connectivity index (χ1) is 14.9. The maximum Gasteiger partial charge on any atom is 0.344 e. The predicted molar refractivity (Wildman–Crippen MR) is 119 cm³/mol. The van der Waals surface area contributed by atoms with Gasteiger partial charge in [0.05, 0.1) is 34.8 Å². The second-order valence-electron chi connectivity index (χ2n) is 6.63. The van der Waals surface area contributed by atoms with Crippen molar-refractivity contribution in [1.82, 2.24) is 9.97 Å². The molecule has 8 heteroatoms. The first-order valence-electron chi connectivity index (χ1n) is 9.78. The number of aromatic nitrogens is 2. The number of aromatic amines is 1. The van der Waals surface area contributed by atoms with Gasteiger partial charge in [-0.3, -0.25) is 0 Å². The zero-order valence-electron chi connectivity index (χ0n) is 17.5. The lowest BCUT2D eigenvalue weighted by Crippen LogP contribution is -2.15. The number of allylic oxidation sites excluding steroid dienone is 1. The monoisotopic (exact) mass is 439 g/mol. The Kier molecular flexibility index (Phi) is 7.16.